The molecule has 1 aromatic heterocycles. The number of hydrogen-bond donors (Lipinski definition) is 6. The molecule has 0 radical (unpaired) electrons. The number of nitrogens with one attached hydrogen (secondary N) is 3. The molecule has 1 saturated heterocycles. The zero-order valence-corrected chi connectivity index (χ0v) is 18.3. The van der Waals surface area contributed by atoms with E-state index in [1.54, 1.807) is 6.20 Å². The maximum absolute atomic E-state index is 13.1. The van der Waals surface area contributed by atoms with Gasteiger partial charge in [-0.2, -0.15) is 0 Å². The number of para-hydroxylation sites is 1. The molecule has 0 bridgehead atoms. The lowest BCUT2D eigenvalue weighted by atomic mass is 10.0. The molecule has 34 heavy (non-hydrogen) atoms. The fraction of sp³-hybridized carbons (Fsp3) is 0.409. The molecule has 1 aliphatic rings. The van der Waals surface area contributed by atoms with E-state index in [1.165, 1.54) is 4.90 Å². The molecule has 3 unspecified atom stereocenters. The summed E-state index contributed by atoms with van der Waals surface area (Å²) >= 11 is 0. The second kappa shape index (κ2) is 10.8. The van der Waals surface area contributed by atoms with E-state index >= 15 is 0 Å². The largest absolute Gasteiger partial charge is 0.481 e. The normalized spacial score (nSPS) is 17.2. The molecule has 1 fully saturated rings. The molecule has 182 valence electrons. The first-order chi connectivity index (χ1) is 16.2. The third-order valence-electron chi connectivity index (χ3n) is 5.70. The van der Waals surface area contributed by atoms with Gasteiger partial charge in [0.1, 0.15) is 18.6 Å². The van der Waals surface area contributed by atoms with Crippen molar-refractivity contribution in [3.8, 4) is 0 Å². The molecule has 0 saturated carbocycles. The Labute approximate surface area is 194 Å². The number of nitrogens with zero attached hydrogens (tertiary/aromatic N) is 1. The predicted molar refractivity (Wildman–Crippen MR) is 120 cm³/mol. The van der Waals surface area contributed by atoms with Crippen molar-refractivity contribution in [2.75, 3.05) is 13.1 Å². The summed E-state index contributed by atoms with van der Waals surface area (Å²) in [5.41, 5.74) is 7.98. The maximum Gasteiger partial charge on any atom is 0.322 e. The molecule has 2 aromatic rings. The Morgan fingerprint density at radius 2 is 1.88 bits per heavy atom. The Bertz CT molecular complexity index is 1100. The quantitative estimate of drug-likeness (QED) is 0.258. The fourth-order valence-electron chi connectivity index (χ4n) is 4.08. The summed E-state index contributed by atoms with van der Waals surface area (Å²) < 4.78 is 0. The van der Waals surface area contributed by atoms with Gasteiger partial charge in [-0.05, 0) is 30.9 Å². The van der Waals surface area contributed by atoms with E-state index in [2.05, 4.69) is 15.6 Å². The van der Waals surface area contributed by atoms with Gasteiger partial charge in [-0.15, -0.1) is 0 Å². The van der Waals surface area contributed by atoms with Crippen LogP contribution in [-0.2, 0) is 30.4 Å². The number of nitrogens with two attached hydrogens (primary N) is 1. The summed E-state index contributed by atoms with van der Waals surface area (Å²) in [6.45, 7) is -0.422. The fourth-order valence-corrected chi connectivity index (χ4v) is 4.08. The third kappa shape index (κ3) is 5.90. The van der Waals surface area contributed by atoms with Gasteiger partial charge in [0.15, 0.2) is 0 Å². The average molecular weight is 473 g/mol. The van der Waals surface area contributed by atoms with Crippen LogP contribution in [0, 0.1) is 0 Å². The van der Waals surface area contributed by atoms with Gasteiger partial charge in [0.25, 0.3) is 0 Å². The van der Waals surface area contributed by atoms with Gasteiger partial charge in [-0.3, -0.25) is 24.0 Å². The third-order valence-corrected chi connectivity index (χ3v) is 5.70. The molecule has 12 nitrogen and oxygen atoms in total. The van der Waals surface area contributed by atoms with Gasteiger partial charge in [0.2, 0.25) is 17.7 Å². The molecular formula is C22H27N5O7. The predicted octanol–water partition coefficient (Wildman–Crippen LogP) is -0.811. The van der Waals surface area contributed by atoms with E-state index < -0.39 is 60.8 Å². The lowest BCUT2D eigenvalue weighted by molar-refractivity contribution is -0.143. The topological polar surface area (TPSA) is 195 Å². The van der Waals surface area contributed by atoms with Crippen molar-refractivity contribution < 1.29 is 34.2 Å². The Balaban J connectivity index is 1.66. The summed E-state index contributed by atoms with van der Waals surface area (Å²) in [5.74, 6) is -4.72. The Morgan fingerprint density at radius 3 is 2.59 bits per heavy atom. The van der Waals surface area contributed by atoms with E-state index in [1.807, 2.05) is 24.3 Å². The van der Waals surface area contributed by atoms with Crippen molar-refractivity contribution in [2.24, 2.45) is 5.73 Å². The molecule has 0 aliphatic carbocycles. The Morgan fingerprint density at radius 1 is 1.15 bits per heavy atom. The van der Waals surface area contributed by atoms with Crippen molar-refractivity contribution in [3.05, 3.63) is 36.0 Å². The van der Waals surface area contributed by atoms with Crippen molar-refractivity contribution in [3.63, 3.8) is 0 Å². The van der Waals surface area contributed by atoms with Crippen LogP contribution in [0.15, 0.2) is 30.5 Å². The van der Waals surface area contributed by atoms with Gasteiger partial charge in [0.05, 0.1) is 12.5 Å². The van der Waals surface area contributed by atoms with Crippen LogP contribution in [0.5, 0.6) is 0 Å². The van der Waals surface area contributed by atoms with Gasteiger partial charge in [0, 0.05) is 23.6 Å². The van der Waals surface area contributed by atoms with Crippen molar-refractivity contribution >= 4 is 40.6 Å². The molecule has 1 aliphatic heterocycles. The zero-order valence-electron chi connectivity index (χ0n) is 18.3. The van der Waals surface area contributed by atoms with Crippen LogP contribution >= 0.6 is 0 Å². The van der Waals surface area contributed by atoms with Crippen molar-refractivity contribution in [1.29, 1.82) is 0 Å². The molecule has 12 heteroatoms. The van der Waals surface area contributed by atoms with Crippen LogP contribution in [0.4, 0.5) is 0 Å². The van der Waals surface area contributed by atoms with Gasteiger partial charge < -0.3 is 36.5 Å². The number of carboxylic acid groups (broad SMARTS) is 2. The Hall–Kier alpha value is -3.93. The highest BCUT2D eigenvalue weighted by Crippen LogP contribution is 2.22. The molecule has 3 atom stereocenters. The van der Waals surface area contributed by atoms with E-state index in [0.29, 0.717) is 19.4 Å². The van der Waals surface area contributed by atoms with Crippen LogP contribution in [-0.4, -0.2) is 81.0 Å². The summed E-state index contributed by atoms with van der Waals surface area (Å²) in [6.07, 6.45) is 2.18. The zero-order chi connectivity index (χ0) is 24.8. The number of fused-ring (bicyclic) bond motifs is 1. The van der Waals surface area contributed by atoms with E-state index in [4.69, 9.17) is 15.9 Å². The first kappa shape index (κ1) is 24.7. The highest BCUT2D eigenvalue weighted by Gasteiger charge is 2.38. The number of amides is 3. The first-order valence-electron chi connectivity index (χ1n) is 10.8. The smallest absolute Gasteiger partial charge is 0.322 e. The summed E-state index contributed by atoms with van der Waals surface area (Å²) in [5, 5.41) is 23.1. The van der Waals surface area contributed by atoms with E-state index in [0.717, 1.165) is 16.5 Å². The lowest BCUT2D eigenvalue weighted by Gasteiger charge is -2.28. The molecule has 7 N–H and O–H groups in total. The number of rotatable bonds is 10. The molecule has 2 heterocycles. The van der Waals surface area contributed by atoms with Gasteiger partial charge in [-0.1, -0.05) is 18.2 Å². The average Bonchev–Trinajstić information content (AvgIpc) is 3.44. The van der Waals surface area contributed by atoms with Crippen molar-refractivity contribution in [1.82, 2.24) is 20.5 Å². The molecule has 0 spiro atoms. The Kier molecular flexibility index (Phi) is 7.84. The van der Waals surface area contributed by atoms with Crippen LogP contribution in [0.1, 0.15) is 24.8 Å². The van der Waals surface area contributed by atoms with E-state index in [9.17, 15) is 24.0 Å². The number of carbonyl (C=O) groups excluding carboxylic acids is 3. The minimum absolute atomic E-state index is 0.257. The van der Waals surface area contributed by atoms with Crippen LogP contribution in [0.3, 0.4) is 0 Å². The number of aliphatic carboxylic acids is 2. The minimum Gasteiger partial charge on any atom is -0.481 e. The number of carboxylic acids is 2. The number of hydrogen-bond acceptors (Lipinski definition) is 6. The minimum atomic E-state index is -1.48. The van der Waals surface area contributed by atoms with E-state index in [-0.39, 0.29) is 6.42 Å². The summed E-state index contributed by atoms with van der Waals surface area (Å²) in [7, 11) is 0. The summed E-state index contributed by atoms with van der Waals surface area (Å²) in [4.78, 5) is 64.4. The van der Waals surface area contributed by atoms with Crippen LogP contribution < -0.4 is 16.4 Å². The number of H-pyrrole nitrogens is 1. The monoisotopic (exact) mass is 473 g/mol. The van der Waals surface area contributed by atoms with Crippen LogP contribution in [0.25, 0.3) is 10.9 Å². The number of likely N-dealkylation sites (tertiary alicyclic amines) is 1. The number of carbonyl (C=O) groups is 5. The second-order valence-electron chi connectivity index (χ2n) is 8.13. The summed E-state index contributed by atoms with van der Waals surface area (Å²) in [6, 6.07) is 4.30. The maximum atomic E-state index is 13.1. The second-order valence-corrected chi connectivity index (χ2v) is 8.13. The standard InChI is InChI=1S/C22H27N5O7/c23-14(8-12-10-24-15-5-2-1-4-13(12)15)22(34)27-7-3-6-17(27)21(33)26-16(9-18(28)29)20(32)25-11-19(30)31/h1-2,4-5,10,14,16-17,24H,3,6-9,11,23H2,(H,25,32)(H,26,33)(H,28,29)(H,30,31). The highest BCUT2D eigenvalue weighted by molar-refractivity contribution is 5.95. The SMILES string of the molecule is NC(Cc1c[nH]c2ccccc12)C(=O)N1CCCC1C(=O)NC(CC(=O)O)C(=O)NCC(=O)O. The van der Waals surface area contributed by atoms with Gasteiger partial charge >= 0.3 is 11.9 Å². The first-order valence-corrected chi connectivity index (χ1v) is 10.8. The van der Waals surface area contributed by atoms with Gasteiger partial charge in [-0.25, -0.2) is 0 Å². The highest BCUT2D eigenvalue weighted by atomic mass is 16.4. The van der Waals surface area contributed by atoms with Crippen LogP contribution in [0.2, 0.25) is 0 Å². The molecular weight excluding hydrogens is 446 g/mol. The lowest BCUT2D eigenvalue weighted by Crippen LogP contribution is -2.56. The molecule has 3 amide bonds. The molecule has 1 aromatic carbocycles. The number of benzene rings is 1. The number of aromatic nitrogens is 1. The molecule has 3 rings (SSSR count). The van der Waals surface area contributed by atoms with Crippen molar-refractivity contribution in [2.45, 2.75) is 43.8 Å². The number of aromatic amines is 1.